The van der Waals surface area contributed by atoms with Crippen molar-refractivity contribution in [2.24, 2.45) is 0 Å². The van der Waals surface area contributed by atoms with Crippen LogP contribution in [0.25, 0.3) is 23.1 Å². The number of benzene rings is 2. The standard InChI is InChI=1S/C30H39N5O/c1-9-11-16-34(10-2)23-14-13-22(21(4)18-23)19-25-27(30(5,6)7)33-35-28(31-32-29(25)35)24-17-20(3)12-15-26(24)36-8/h12-15,17-19H,9-11,16H2,1-8H3/b25-19-. The lowest BCUT2D eigenvalue weighted by Crippen LogP contribution is -2.24. The van der Waals surface area contributed by atoms with E-state index in [0.717, 1.165) is 46.5 Å². The smallest absolute Gasteiger partial charge is 0.189 e. The van der Waals surface area contributed by atoms with Crippen molar-refractivity contribution in [3.8, 4) is 17.1 Å². The molecule has 0 N–H and O–H groups in total. The van der Waals surface area contributed by atoms with Gasteiger partial charge in [0.2, 0.25) is 0 Å². The molecule has 2 heterocycles. The molecule has 6 nitrogen and oxygen atoms in total. The summed E-state index contributed by atoms with van der Waals surface area (Å²) < 4.78 is 7.50. The molecular formula is C30H39N5O. The molecule has 0 aliphatic heterocycles. The Labute approximate surface area is 215 Å². The number of aromatic nitrogens is 4. The first kappa shape index (κ1) is 25.7. The number of unbranched alkanes of at least 4 members (excludes halogenated alkanes) is 1. The van der Waals surface area contributed by atoms with Crippen LogP contribution in [0.5, 0.6) is 5.75 Å². The molecule has 0 radical (unpaired) electrons. The molecule has 0 amide bonds. The van der Waals surface area contributed by atoms with Crippen LogP contribution in [0.4, 0.5) is 5.69 Å². The van der Waals surface area contributed by atoms with Gasteiger partial charge in [-0.1, -0.05) is 51.8 Å². The molecule has 0 aliphatic rings. The zero-order valence-corrected chi connectivity index (χ0v) is 23.0. The van der Waals surface area contributed by atoms with Crippen molar-refractivity contribution >= 4 is 17.4 Å². The third-order valence-electron chi connectivity index (χ3n) is 6.72. The Morgan fingerprint density at radius 2 is 1.81 bits per heavy atom. The molecule has 0 fully saturated rings. The average Bonchev–Trinajstić information content (AvgIpc) is 3.41. The molecule has 2 aromatic heterocycles. The van der Waals surface area contributed by atoms with Gasteiger partial charge in [0.05, 0.1) is 18.4 Å². The Morgan fingerprint density at radius 1 is 1.03 bits per heavy atom. The van der Waals surface area contributed by atoms with Gasteiger partial charge in [0.1, 0.15) is 5.75 Å². The number of methoxy groups -OCH3 is 1. The van der Waals surface area contributed by atoms with E-state index in [0.29, 0.717) is 5.82 Å². The van der Waals surface area contributed by atoms with Crippen LogP contribution >= 0.6 is 0 Å². The molecule has 0 bridgehead atoms. The molecule has 0 unspecified atom stereocenters. The summed E-state index contributed by atoms with van der Waals surface area (Å²) in [5.41, 5.74) is 7.31. The van der Waals surface area contributed by atoms with Crippen molar-refractivity contribution in [3.63, 3.8) is 0 Å². The molecule has 4 rings (SSSR count). The molecule has 190 valence electrons. The average molecular weight is 486 g/mol. The van der Waals surface area contributed by atoms with Crippen LogP contribution in [0, 0.1) is 13.8 Å². The van der Waals surface area contributed by atoms with Crippen molar-refractivity contribution in [3.05, 3.63) is 64.0 Å². The van der Waals surface area contributed by atoms with Gasteiger partial charge in [-0.15, -0.1) is 10.2 Å². The van der Waals surface area contributed by atoms with Gasteiger partial charge in [-0.2, -0.15) is 9.61 Å². The Kier molecular flexibility index (Phi) is 7.34. The molecule has 0 saturated carbocycles. The number of hydrogen-bond acceptors (Lipinski definition) is 5. The highest BCUT2D eigenvalue weighted by Gasteiger charge is 2.25. The van der Waals surface area contributed by atoms with Crippen LogP contribution < -0.4 is 14.9 Å². The van der Waals surface area contributed by atoms with Gasteiger partial charge >= 0.3 is 0 Å². The molecular weight excluding hydrogens is 446 g/mol. The predicted molar refractivity (Wildman–Crippen MR) is 149 cm³/mol. The lowest BCUT2D eigenvalue weighted by atomic mass is 9.90. The Hall–Kier alpha value is -3.41. The van der Waals surface area contributed by atoms with Crippen molar-refractivity contribution in [1.82, 2.24) is 19.8 Å². The van der Waals surface area contributed by atoms with E-state index in [9.17, 15) is 0 Å². The largest absolute Gasteiger partial charge is 0.496 e. The minimum absolute atomic E-state index is 0.159. The monoisotopic (exact) mass is 485 g/mol. The van der Waals surface area contributed by atoms with Gasteiger partial charge in [-0.3, -0.25) is 0 Å². The summed E-state index contributed by atoms with van der Waals surface area (Å²) in [5.74, 6) is 1.45. The van der Waals surface area contributed by atoms with Crippen LogP contribution in [0.3, 0.4) is 0 Å². The number of rotatable bonds is 8. The SMILES string of the molecule is CCCCN(CC)c1ccc(/C=c2/c(C(C)(C)C)nn3c(-c4cc(C)ccc4OC)nnc23)c(C)c1. The second-order valence-electron chi connectivity index (χ2n) is 10.6. The highest BCUT2D eigenvalue weighted by Crippen LogP contribution is 2.30. The van der Waals surface area contributed by atoms with Gasteiger partial charge < -0.3 is 9.64 Å². The fourth-order valence-corrected chi connectivity index (χ4v) is 4.65. The maximum absolute atomic E-state index is 5.63. The van der Waals surface area contributed by atoms with Crippen LogP contribution in [0.2, 0.25) is 0 Å². The predicted octanol–water partition coefficient (Wildman–Crippen LogP) is 5.89. The Bertz CT molecular complexity index is 1410. The van der Waals surface area contributed by atoms with E-state index in [2.05, 4.69) is 93.9 Å². The number of ether oxygens (including phenoxy) is 1. The first-order valence-electron chi connectivity index (χ1n) is 13.0. The highest BCUT2D eigenvalue weighted by atomic mass is 16.5. The topological polar surface area (TPSA) is 55.6 Å². The summed E-state index contributed by atoms with van der Waals surface area (Å²) in [6.45, 7) is 17.4. The summed E-state index contributed by atoms with van der Waals surface area (Å²) in [7, 11) is 1.68. The minimum atomic E-state index is -0.159. The van der Waals surface area contributed by atoms with E-state index < -0.39 is 0 Å². The van der Waals surface area contributed by atoms with Crippen LogP contribution in [0.1, 0.15) is 69.8 Å². The van der Waals surface area contributed by atoms with E-state index in [-0.39, 0.29) is 5.41 Å². The zero-order valence-electron chi connectivity index (χ0n) is 23.0. The second kappa shape index (κ2) is 10.3. The van der Waals surface area contributed by atoms with Gasteiger partial charge in [-0.05, 0) is 68.7 Å². The number of aryl methyl sites for hydroxylation is 2. The Balaban J connectivity index is 1.87. The Morgan fingerprint density at radius 3 is 2.44 bits per heavy atom. The molecule has 6 heteroatoms. The molecule has 36 heavy (non-hydrogen) atoms. The molecule has 0 spiro atoms. The van der Waals surface area contributed by atoms with Crippen molar-refractivity contribution < 1.29 is 4.74 Å². The summed E-state index contributed by atoms with van der Waals surface area (Å²) >= 11 is 0. The first-order valence-corrected chi connectivity index (χ1v) is 13.0. The first-order chi connectivity index (χ1) is 17.2. The van der Waals surface area contributed by atoms with Crippen LogP contribution in [-0.2, 0) is 5.41 Å². The third kappa shape index (κ3) is 4.95. The zero-order chi connectivity index (χ0) is 26.0. The lowest BCUT2D eigenvalue weighted by Gasteiger charge is -2.23. The normalized spacial score (nSPS) is 12.5. The van der Waals surface area contributed by atoms with Crippen LogP contribution in [-0.4, -0.2) is 40.0 Å². The van der Waals surface area contributed by atoms with Crippen LogP contribution in [0.15, 0.2) is 36.4 Å². The molecule has 2 aromatic carbocycles. The number of anilines is 1. The summed E-state index contributed by atoms with van der Waals surface area (Å²) in [6.07, 6.45) is 4.62. The maximum Gasteiger partial charge on any atom is 0.189 e. The maximum atomic E-state index is 5.63. The van der Waals surface area contributed by atoms with Gasteiger partial charge in [0.15, 0.2) is 11.5 Å². The van der Waals surface area contributed by atoms with E-state index in [1.54, 1.807) is 7.11 Å². The fraction of sp³-hybridized carbons (Fsp3) is 0.433. The van der Waals surface area contributed by atoms with Crippen molar-refractivity contribution in [2.75, 3.05) is 25.1 Å². The van der Waals surface area contributed by atoms with Crippen molar-refractivity contribution in [2.45, 2.75) is 66.7 Å². The number of hydrogen-bond donors (Lipinski definition) is 0. The molecule has 4 aromatic rings. The minimum Gasteiger partial charge on any atom is -0.496 e. The van der Waals surface area contributed by atoms with Gasteiger partial charge in [0, 0.05) is 29.4 Å². The number of nitrogens with zero attached hydrogens (tertiary/aromatic N) is 5. The van der Waals surface area contributed by atoms with Gasteiger partial charge in [0.25, 0.3) is 0 Å². The van der Waals surface area contributed by atoms with Gasteiger partial charge in [-0.25, -0.2) is 0 Å². The summed E-state index contributed by atoms with van der Waals surface area (Å²) in [6, 6.07) is 12.8. The van der Waals surface area contributed by atoms with Crippen molar-refractivity contribution in [1.29, 1.82) is 0 Å². The fourth-order valence-electron chi connectivity index (χ4n) is 4.65. The summed E-state index contributed by atoms with van der Waals surface area (Å²) in [4.78, 5) is 2.45. The summed E-state index contributed by atoms with van der Waals surface area (Å²) in [5, 5.41) is 15.2. The second-order valence-corrected chi connectivity index (χ2v) is 10.6. The molecule has 0 atom stereocenters. The lowest BCUT2D eigenvalue weighted by molar-refractivity contribution is 0.416. The van der Waals surface area contributed by atoms with E-state index in [1.165, 1.54) is 29.7 Å². The van der Waals surface area contributed by atoms with E-state index in [1.807, 2.05) is 16.6 Å². The third-order valence-corrected chi connectivity index (χ3v) is 6.72. The quantitative estimate of drug-likeness (QED) is 0.312. The van der Waals surface area contributed by atoms with E-state index in [4.69, 9.17) is 9.84 Å². The number of fused-ring (bicyclic) bond motifs is 1. The van der Waals surface area contributed by atoms with E-state index >= 15 is 0 Å². The molecule has 0 aliphatic carbocycles. The molecule has 0 saturated heterocycles. The highest BCUT2D eigenvalue weighted by molar-refractivity contribution is 5.70.